The zero-order chi connectivity index (χ0) is 12.2. The molecule has 0 unspecified atom stereocenters. The summed E-state index contributed by atoms with van der Waals surface area (Å²) in [5, 5.41) is 3.98. The molecule has 5 heteroatoms. The average Bonchev–Trinajstić information content (AvgIpc) is 2.81. The highest BCUT2D eigenvalue weighted by molar-refractivity contribution is 5.58. The van der Waals surface area contributed by atoms with E-state index in [1.54, 1.807) is 0 Å². The molecule has 3 nitrogen and oxygen atoms in total. The van der Waals surface area contributed by atoms with Crippen molar-refractivity contribution in [2.45, 2.75) is 38.5 Å². The maximum absolute atomic E-state index is 13.9. The van der Waals surface area contributed by atoms with Gasteiger partial charge in [-0.2, -0.15) is 5.10 Å². The van der Waals surface area contributed by atoms with Gasteiger partial charge in [-0.1, -0.05) is 13.8 Å². The van der Waals surface area contributed by atoms with Crippen LogP contribution in [-0.2, 0) is 12.3 Å². The summed E-state index contributed by atoms with van der Waals surface area (Å²) in [6, 6.07) is 0. The van der Waals surface area contributed by atoms with Gasteiger partial charge in [-0.3, -0.25) is 0 Å². The van der Waals surface area contributed by atoms with Crippen LogP contribution in [0.15, 0.2) is 12.5 Å². The first-order valence-electron chi connectivity index (χ1n) is 5.74. The molecule has 0 saturated carbocycles. The van der Waals surface area contributed by atoms with Crippen LogP contribution in [0.5, 0.6) is 0 Å². The third kappa shape index (κ3) is 1.38. The number of rotatable bonds is 1. The van der Waals surface area contributed by atoms with Gasteiger partial charge in [0.25, 0.3) is 5.92 Å². The molecular formula is C12H13F2N3. The Labute approximate surface area is 97.5 Å². The molecule has 2 heterocycles. The van der Waals surface area contributed by atoms with E-state index in [0.29, 0.717) is 12.1 Å². The van der Waals surface area contributed by atoms with Gasteiger partial charge in [-0.05, 0) is 23.5 Å². The highest BCUT2D eigenvalue weighted by Crippen LogP contribution is 2.45. The SMILES string of the molecule is CC(C)c1cn2ncnc2c2c1CCC2(F)F. The Morgan fingerprint density at radius 3 is 2.88 bits per heavy atom. The molecular weight excluding hydrogens is 224 g/mol. The Morgan fingerprint density at radius 1 is 1.41 bits per heavy atom. The second-order valence-corrected chi connectivity index (χ2v) is 4.83. The van der Waals surface area contributed by atoms with Crippen LogP contribution in [0.3, 0.4) is 0 Å². The van der Waals surface area contributed by atoms with Crippen LogP contribution in [0, 0.1) is 0 Å². The minimum absolute atomic E-state index is 0.0844. The summed E-state index contributed by atoms with van der Waals surface area (Å²) in [4.78, 5) is 3.96. The molecule has 0 bridgehead atoms. The lowest BCUT2D eigenvalue weighted by Gasteiger charge is -2.15. The first kappa shape index (κ1) is 10.6. The smallest absolute Gasteiger partial charge is 0.220 e. The van der Waals surface area contributed by atoms with E-state index < -0.39 is 5.92 Å². The Kier molecular flexibility index (Phi) is 2.03. The number of halogens is 2. The number of aromatic nitrogens is 3. The maximum Gasteiger partial charge on any atom is 0.277 e. The van der Waals surface area contributed by atoms with E-state index in [0.717, 1.165) is 11.1 Å². The molecule has 3 rings (SSSR count). The fraction of sp³-hybridized carbons (Fsp3) is 0.500. The fourth-order valence-corrected chi connectivity index (χ4v) is 2.57. The minimum atomic E-state index is -2.77. The fourth-order valence-electron chi connectivity index (χ4n) is 2.57. The van der Waals surface area contributed by atoms with Crippen molar-refractivity contribution < 1.29 is 8.78 Å². The van der Waals surface area contributed by atoms with Crippen LogP contribution in [0.1, 0.15) is 42.9 Å². The molecule has 0 fully saturated rings. The summed E-state index contributed by atoms with van der Waals surface area (Å²) in [6.07, 6.45) is 3.47. The summed E-state index contributed by atoms with van der Waals surface area (Å²) in [5.74, 6) is -2.56. The number of pyridine rings is 1. The number of fused-ring (bicyclic) bond motifs is 3. The van der Waals surface area contributed by atoms with Crippen molar-refractivity contribution in [3.8, 4) is 0 Å². The van der Waals surface area contributed by atoms with E-state index >= 15 is 0 Å². The Morgan fingerprint density at radius 2 is 2.18 bits per heavy atom. The topological polar surface area (TPSA) is 30.2 Å². The van der Waals surface area contributed by atoms with Crippen molar-refractivity contribution >= 4 is 5.65 Å². The van der Waals surface area contributed by atoms with E-state index in [1.165, 1.54) is 10.8 Å². The highest BCUT2D eigenvalue weighted by atomic mass is 19.3. The second kappa shape index (κ2) is 3.24. The molecule has 1 aliphatic rings. The molecule has 2 aromatic rings. The van der Waals surface area contributed by atoms with Crippen molar-refractivity contribution in [2.75, 3.05) is 0 Å². The van der Waals surface area contributed by atoms with E-state index in [2.05, 4.69) is 10.1 Å². The normalized spacial score (nSPS) is 17.9. The summed E-state index contributed by atoms with van der Waals surface area (Å²) in [6.45, 7) is 4.02. The van der Waals surface area contributed by atoms with Crippen LogP contribution in [0.2, 0.25) is 0 Å². The molecule has 0 saturated heterocycles. The van der Waals surface area contributed by atoms with Crippen molar-refractivity contribution in [1.29, 1.82) is 0 Å². The van der Waals surface area contributed by atoms with E-state index in [4.69, 9.17) is 0 Å². The molecule has 0 atom stereocenters. The predicted octanol–water partition coefficient (Wildman–Crippen LogP) is 2.89. The standard InChI is InChI=1S/C12H13F2N3/c1-7(2)9-5-17-11(15-6-16-17)10-8(9)3-4-12(10,13)14/h5-7H,3-4H2,1-2H3. The van der Waals surface area contributed by atoms with Gasteiger partial charge >= 0.3 is 0 Å². The van der Waals surface area contributed by atoms with Gasteiger partial charge in [-0.25, -0.2) is 18.3 Å². The Balaban J connectivity index is 2.41. The van der Waals surface area contributed by atoms with Crippen LogP contribution in [0.25, 0.3) is 5.65 Å². The van der Waals surface area contributed by atoms with Gasteiger partial charge in [0.2, 0.25) is 0 Å². The van der Waals surface area contributed by atoms with Gasteiger partial charge in [0, 0.05) is 12.6 Å². The number of hydrogen-bond acceptors (Lipinski definition) is 2. The quantitative estimate of drug-likeness (QED) is 0.763. The number of alkyl halides is 2. The van der Waals surface area contributed by atoms with Gasteiger partial charge in [0.15, 0.2) is 5.65 Å². The second-order valence-electron chi connectivity index (χ2n) is 4.83. The van der Waals surface area contributed by atoms with Crippen LogP contribution < -0.4 is 0 Å². The molecule has 0 radical (unpaired) electrons. The molecule has 2 aromatic heterocycles. The monoisotopic (exact) mass is 237 g/mol. The Bertz CT molecular complexity index is 587. The molecule has 0 N–H and O–H groups in total. The predicted molar refractivity (Wildman–Crippen MR) is 59.3 cm³/mol. The summed E-state index contributed by atoms with van der Waals surface area (Å²) >= 11 is 0. The molecule has 17 heavy (non-hydrogen) atoms. The number of nitrogens with zero attached hydrogens (tertiary/aromatic N) is 3. The maximum atomic E-state index is 13.9. The van der Waals surface area contributed by atoms with E-state index in [-0.39, 0.29) is 17.9 Å². The average molecular weight is 237 g/mol. The lowest BCUT2D eigenvalue weighted by Crippen LogP contribution is -2.11. The van der Waals surface area contributed by atoms with Gasteiger partial charge in [-0.15, -0.1) is 0 Å². The first-order chi connectivity index (χ1) is 8.00. The third-order valence-electron chi connectivity index (χ3n) is 3.39. The molecule has 1 aliphatic carbocycles. The van der Waals surface area contributed by atoms with Gasteiger partial charge < -0.3 is 0 Å². The van der Waals surface area contributed by atoms with E-state index in [1.807, 2.05) is 20.0 Å². The van der Waals surface area contributed by atoms with Crippen LogP contribution in [-0.4, -0.2) is 14.6 Å². The molecule has 90 valence electrons. The van der Waals surface area contributed by atoms with Crippen molar-refractivity contribution in [1.82, 2.24) is 14.6 Å². The summed E-state index contributed by atoms with van der Waals surface area (Å²) in [7, 11) is 0. The zero-order valence-corrected chi connectivity index (χ0v) is 9.74. The molecule has 0 aliphatic heterocycles. The van der Waals surface area contributed by atoms with Gasteiger partial charge in [0.1, 0.15) is 6.33 Å². The minimum Gasteiger partial charge on any atom is -0.220 e. The largest absolute Gasteiger partial charge is 0.277 e. The third-order valence-corrected chi connectivity index (χ3v) is 3.39. The summed E-state index contributed by atoms with van der Waals surface area (Å²) < 4.78 is 29.3. The Hall–Kier alpha value is -1.52. The zero-order valence-electron chi connectivity index (χ0n) is 9.74. The van der Waals surface area contributed by atoms with E-state index in [9.17, 15) is 8.78 Å². The van der Waals surface area contributed by atoms with Crippen LogP contribution >= 0.6 is 0 Å². The lowest BCUT2D eigenvalue weighted by molar-refractivity contribution is -0.000896. The van der Waals surface area contributed by atoms with Crippen molar-refractivity contribution in [2.24, 2.45) is 0 Å². The molecule has 0 aromatic carbocycles. The lowest BCUT2D eigenvalue weighted by atomic mass is 9.97. The van der Waals surface area contributed by atoms with Crippen LogP contribution in [0.4, 0.5) is 8.78 Å². The van der Waals surface area contributed by atoms with Crippen molar-refractivity contribution in [3.63, 3.8) is 0 Å². The first-order valence-corrected chi connectivity index (χ1v) is 5.74. The van der Waals surface area contributed by atoms with Crippen molar-refractivity contribution in [3.05, 3.63) is 29.2 Å². The number of hydrogen-bond donors (Lipinski definition) is 0. The summed E-state index contributed by atoms with van der Waals surface area (Å²) in [5.41, 5.74) is 2.11. The van der Waals surface area contributed by atoms with Gasteiger partial charge in [0.05, 0.1) is 5.56 Å². The molecule has 0 spiro atoms. The highest BCUT2D eigenvalue weighted by Gasteiger charge is 2.43. The molecule has 0 amide bonds.